The van der Waals surface area contributed by atoms with Gasteiger partial charge in [0.05, 0.1) is 28.9 Å². The van der Waals surface area contributed by atoms with E-state index in [-0.39, 0.29) is 11.2 Å². The Morgan fingerprint density at radius 2 is 1.52 bits per heavy atom. The summed E-state index contributed by atoms with van der Waals surface area (Å²) in [5.41, 5.74) is 3.17. The van der Waals surface area contributed by atoms with Gasteiger partial charge in [-0.15, -0.1) is 0 Å². The van der Waals surface area contributed by atoms with E-state index in [9.17, 15) is 9.59 Å². The van der Waals surface area contributed by atoms with Crippen LogP contribution in [0.5, 0.6) is 0 Å². The van der Waals surface area contributed by atoms with Gasteiger partial charge in [-0.3, -0.25) is 13.9 Å². The Bertz CT molecular complexity index is 1430. The Hall–Kier alpha value is -2.80. The molecule has 158 valence electrons. The highest BCUT2D eigenvalue weighted by Crippen LogP contribution is 2.40. The standard InChI is InChI=1S/C23H19Cl2N3O3/c1-26-19-17(22(29)27(2)23(26)30)18(13-3-7-15(24)8-4-13)28-11-12-31-21(20(19)28)14-5-9-16(25)10-6-14/h3-10,21H,11-12H2,1-2H3/t21-/m0/s1. The molecule has 0 fully saturated rings. The van der Waals surface area contributed by atoms with Crippen molar-refractivity contribution in [2.24, 2.45) is 14.1 Å². The first-order valence-electron chi connectivity index (χ1n) is 9.83. The number of aromatic nitrogens is 3. The van der Waals surface area contributed by atoms with Gasteiger partial charge in [0.25, 0.3) is 5.56 Å². The normalized spacial score (nSPS) is 15.9. The maximum Gasteiger partial charge on any atom is 0.331 e. The lowest BCUT2D eigenvalue weighted by Crippen LogP contribution is -2.37. The van der Waals surface area contributed by atoms with Crippen molar-refractivity contribution >= 4 is 34.1 Å². The largest absolute Gasteiger partial charge is 0.365 e. The van der Waals surface area contributed by atoms with Gasteiger partial charge in [-0.2, -0.15) is 0 Å². The zero-order valence-electron chi connectivity index (χ0n) is 16.9. The number of aryl methyl sites for hydroxylation is 1. The van der Waals surface area contributed by atoms with E-state index in [2.05, 4.69) is 4.57 Å². The van der Waals surface area contributed by atoms with Crippen molar-refractivity contribution < 1.29 is 4.74 Å². The maximum absolute atomic E-state index is 13.3. The van der Waals surface area contributed by atoms with E-state index < -0.39 is 6.10 Å². The first-order chi connectivity index (χ1) is 14.9. The van der Waals surface area contributed by atoms with Crippen molar-refractivity contribution in [1.29, 1.82) is 0 Å². The summed E-state index contributed by atoms with van der Waals surface area (Å²) in [5.74, 6) is 0. The number of rotatable bonds is 2. The van der Waals surface area contributed by atoms with Crippen molar-refractivity contribution in [3.8, 4) is 11.3 Å². The van der Waals surface area contributed by atoms with Crippen LogP contribution in [0, 0.1) is 0 Å². The van der Waals surface area contributed by atoms with Crippen LogP contribution in [0.2, 0.25) is 10.0 Å². The summed E-state index contributed by atoms with van der Waals surface area (Å²) in [6.45, 7) is 1.03. The van der Waals surface area contributed by atoms with Crippen LogP contribution in [0.4, 0.5) is 0 Å². The molecule has 0 aliphatic carbocycles. The molecular weight excluding hydrogens is 437 g/mol. The zero-order chi connectivity index (χ0) is 21.9. The molecule has 0 spiro atoms. The molecule has 6 nitrogen and oxygen atoms in total. The van der Waals surface area contributed by atoms with Gasteiger partial charge in [0.15, 0.2) is 0 Å². The van der Waals surface area contributed by atoms with E-state index in [1.165, 1.54) is 11.6 Å². The molecule has 1 aliphatic heterocycles. The molecule has 1 atom stereocenters. The predicted octanol–water partition coefficient (Wildman–Crippen LogP) is 4.13. The van der Waals surface area contributed by atoms with E-state index in [1.807, 2.05) is 36.4 Å². The van der Waals surface area contributed by atoms with Gasteiger partial charge in [0.1, 0.15) is 6.10 Å². The van der Waals surface area contributed by atoms with Crippen LogP contribution in [0.3, 0.4) is 0 Å². The fraction of sp³-hybridized carbons (Fsp3) is 0.217. The molecule has 0 amide bonds. The van der Waals surface area contributed by atoms with Gasteiger partial charge < -0.3 is 9.30 Å². The summed E-state index contributed by atoms with van der Waals surface area (Å²) in [4.78, 5) is 26.1. The Kier molecular flexibility index (Phi) is 4.81. The first kappa shape index (κ1) is 20.1. The second kappa shape index (κ2) is 7.41. The average molecular weight is 456 g/mol. The van der Waals surface area contributed by atoms with Crippen molar-refractivity contribution in [1.82, 2.24) is 13.7 Å². The lowest BCUT2D eigenvalue weighted by molar-refractivity contribution is 0.0478. The van der Waals surface area contributed by atoms with E-state index >= 15 is 0 Å². The number of nitrogens with zero attached hydrogens (tertiary/aromatic N) is 3. The van der Waals surface area contributed by atoms with Crippen LogP contribution in [0.25, 0.3) is 22.2 Å². The fourth-order valence-corrected chi connectivity index (χ4v) is 4.63. The second-order valence-electron chi connectivity index (χ2n) is 7.62. The van der Waals surface area contributed by atoms with Crippen molar-refractivity contribution in [2.45, 2.75) is 12.6 Å². The van der Waals surface area contributed by atoms with Crippen LogP contribution in [0.15, 0.2) is 58.1 Å². The molecule has 0 unspecified atom stereocenters. The highest BCUT2D eigenvalue weighted by Gasteiger charge is 2.33. The molecule has 0 radical (unpaired) electrons. The minimum atomic E-state index is -0.438. The highest BCUT2D eigenvalue weighted by molar-refractivity contribution is 6.30. The number of fused-ring (bicyclic) bond motifs is 3. The molecule has 4 aromatic rings. The van der Waals surface area contributed by atoms with Crippen molar-refractivity contribution in [2.75, 3.05) is 6.61 Å². The van der Waals surface area contributed by atoms with E-state index in [0.717, 1.165) is 27.1 Å². The molecule has 8 heteroatoms. The minimum absolute atomic E-state index is 0.334. The van der Waals surface area contributed by atoms with Gasteiger partial charge in [-0.25, -0.2) is 4.79 Å². The topological polar surface area (TPSA) is 58.2 Å². The number of benzene rings is 2. The molecule has 0 saturated carbocycles. The Balaban J connectivity index is 1.93. The summed E-state index contributed by atoms with van der Waals surface area (Å²) in [6, 6.07) is 14.8. The predicted molar refractivity (Wildman–Crippen MR) is 122 cm³/mol. The van der Waals surface area contributed by atoms with Gasteiger partial charge in [-0.1, -0.05) is 47.5 Å². The van der Waals surface area contributed by atoms with Crippen LogP contribution in [-0.2, 0) is 25.4 Å². The quantitative estimate of drug-likeness (QED) is 0.456. The molecule has 2 aromatic carbocycles. The van der Waals surface area contributed by atoms with Crippen LogP contribution in [-0.4, -0.2) is 20.3 Å². The lowest BCUT2D eigenvalue weighted by atomic mass is 10.0. The van der Waals surface area contributed by atoms with E-state index in [4.69, 9.17) is 27.9 Å². The molecule has 0 N–H and O–H groups in total. The fourth-order valence-electron chi connectivity index (χ4n) is 4.38. The number of hydrogen-bond acceptors (Lipinski definition) is 3. The Labute approximate surface area is 187 Å². The highest BCUT2D eigenvalue weighted by atomic mass is 35.5. The minimum Gasteiger partial charge on any atom is -0.365 e. The zero-order valence-corrected chi connectivity index (χ0v) is 18.4. The van der Waals surface area contributed by atoms with Gasteiger partial charge in [-0.05, 0) is 35.4 Å². The van der Waals surface area contributed by atoms with Gasteiger partial charge >= 0.3 is 5.69 Å². The van der Waals surface area contributed by atoms with Crippen molar-refractivity contribution in [3.05, 3.63) is 90.7 Å². The smallest absolute Gasteiger partial charge is 0.331 e. The third-order valence-electron chi connectivity index (χ3n) is 5.84. The van der Waals surface area contributed by atoms with Crippen LogP contribution in [0.1, 0.15) is 17.4 Å². The van der Waals surface area contributed by atoms with Crippen LogP contribution < -0.4 is 11.2 Å². The molecule has 1 aliphatic rings. The van der Waals surface area contributed by atoms with Crippen LogP contribution >= 0.6 is 23.2 Å². The average Bonchev–Trinajstić information content (AvgIpc) is 3.13. The summed E-state index contributed by atoms with van der Waals surface area (Å²) in [7, 11) is 3.18. The summed E-state index contributed by atoms with van der Waals surface area (Å²) >= 11 is 12.2. The van der Waals surface area contributed by atoms with Gasteiger partial charge in [0, 0.05) is 30.7 Å². The molecule has 0 saturated heterocycles. The molecule has 5 rings (SSSR count). The molecular formula is C23H19Cl2N3O3. The molecule has 3 heterocycles. The summed E-state index contributed by atoms with van der Waals surface area (Å²) < 4.78 is 10.9. The number of hydrogen-bond donors (Lipinski definition) is 0. The third kappa shape index (κ3) is 3.05. The number of halogens is 2. The summed E-state index contributed by atoms with van der Waals surface area (Å²) in [6.07, 6.45) is -0.438. The monoisotopic (exact) mass is 455 g/mol. The molecule has 0 bridgehead atoms. The Morgan fingerprint density at radius 1 is 0.903 bits per heavy atom. The second-order valence-corrected chi connectivity index (χ2v) is 8.50. The lowest BCUT2D eigenvalue weighted by Gasteiger charge is -2.27. The maximum atomic E-state index is 13.3. The SMILES string of the molecule is Cn1c(=O)c2c(-c3ccc(Cl)cc3)n3c(c2n(C)c1=O)[C@H](c1ccc(Cl)cc1)OCC3. The number of ether oxygens (including phenoxy) is 1. The summed E-state index contributed by atoms with van der Waals surface area (Å²) in [5, 5.41) is 1.73. The Morgan fingerprint density at radius 3 is 2.16 bits per heavy atom. The van der Waals surface area contributed by atoms with Crippen molar-refractivity contribution in [3.63, 3.8) is 0 Å². The third-order valence-corrected chi connectivity index (χ3v) is 6.35. The van der Waals surface area contributed by atoms with E-state index in [1.54, 1.807) is 19.2 Å². The molecule has 2 aromatic heterocycles. The van der Waals surface area contributed by atoms with Gasteiger partial charge in [0.2, 0.25) is 0 Å². The molecule has 31 heavy (non-hydrogen) atoms. The van der Waals surface area contributed by atoms with E-state index in [0.29, 0.717) is 34.1 Å². The first-order valence-corrected chi connectivity index (χ1v) is 10.6.